The number of halogens is 1. The highest BCUT2D eigenvalue weighted by molar-refractivity contribution is 5.89. The van der Waals surface area contributed by atoms with E-state index in [0.29, 0.717) is 11.8 Å². The number of nitrogens with zero attached hydrogens (tertiary/aromatic N) is 1. The van der Waals surface area contributed by atoms with Crippen LogP contribution in [-0.2, 0) is 9.59 Å². The van der Waals surface area contributed by atoms with E-state index in [1.54, 1.807) is 6.92 Å². The van der Waals surface area contributed by atoms with Crippen LogP contribution in [0.4, 0.5) is 0 Å². The van der Waals surface area contributed by atoms with Gasteiger partial charge in [-0.3, -0.25) is 9.59 Å². The maximum Gasteiger partial charge on any atom is 0.244 e. The van der Waals surface area contributed by atoms with E-state index in [1.165, 1.54) is 0 Å². The van der Waals surface area contributed by atoms with Crippen molar-refractivity contribution in [2.75, 3.05) is 26.2 Å². The van der Waals surface area contributed by atoms with Crippen LogP contribution in [0.3, 0.4) is 0 Å². The highest BCUT2D eigenvalue weighted by Crippen LogP contribution is 2.27. The minimum absolute atomic E-state index is 0. The molecule has 2 amide bonds. The van der Waals surface area contributed by atoms with Gasteiger partial charge in [-0.25, -0.2) is 0 Å². The van der Waals surface area contributed by atoms with E-state index in [4.69, 9.17) is 0 Å². The topological polar surface area (TPSA) is 61.4 Å². The highest BCUT2D eigenvalue weighted by Gasteiger charge is 2.33. The first kappa shape index (κ1) is 19.2. The fourth-order valence-corrected chi connectivity index (χ4v) is 3.19. The van der Waals surface area contributed by atoms with Gasteiger partial charge in [-0.1, -0.05) is 20.8 Å². The Morgan fingerprint density at radius 3 is 2.09 bits per heavy atom. The molecular formula is C16H30ClN3O2. The molecule has 128 valence electrons. The molecule has 0 radical (unpaired) electrons. The third-order valence-electron chi connectivity index (χ3n) is 4.73. The Morgan fingerprint density at radius 1 is 1.14 bits per heavy atom. The average Bonchev–Trinajstić information content (AvgIpc) is 2.76. The summed E-state index contributed by atoms with van der Waals surface area (Å²) in [5.41, 5.74) is -0.462. The first-order valence-electron chi connectivity index (χ1n) is 8.09. The third kappa shape index (κ3) is 4.59. The van der Waals surface area contributed by atoms with Crippen molar-refractivity contribution in [1.29, 1.82) is 0 Å². The van der Waals surface area contributed by atoms with Gasteiger partial charge < -0.3 is 15.5 Å². The maximum atomic E-state index is 12.5. The smallest absolute Gasteiger partial charge is 0.244 e. The summed E-state index contributed by atoms with van der Waals surface area (Å²) in [5, 5.41) is 6.29. The third-order valence-corrected chi connectivity index (χ3v) is 4.73. The fourth-order valence-electron chi connectivity index (χ4n) is 3.19. The van der Waals surface area contributed by atoms with Gasteiger partial charge in [0.15, 0.2) is 0 Å². The normalized spacial score (nSPS) is 26.5. The van der Waals surface area contributed by atoms with Gasteiger partial charge in [-0.05, 0) is 44.7 Å². The van der Waals surface area contributed by atoms with Crippen LogP contribution in [0.25, 0.3) is 0 Å². The van der Waals surface area contributed by atoms with E-state index < -0.39 is 11.5 Å². The summed E-state index contributed by atoms with van der Waals surface area (Å²) in [6.45, 7) is 11.2. The number of carbonyl (C=O) groups is 2. The predicted octanol–water partition coefficient (Wildman–Crippen LogP) is 1.42. The van der Waals surface area contributed by atoms with E-state index in [2.05, 4.69) is 10.6 Å². The van der Waals surface area contributed by atoms with Crippen molar-refractivity contribution in [3.8, 4) is 0 Å². The Balaban J connectivity index is 0.00000242. The number of likely N-dealkylation sites (tertiary alicyclic amines) is 1. The standard InChI is InChI=1S/C16H29N3O2.ClH/c1-11(18-15(21)16(2,3)4)14(20)19-7-5-12-9-17-10-13(12)6-8-19;/h11-13,17H,5-10H2,1-4H3,(H,18,21);1H/t11?,12-,13+;. The summed E-state index contributed by atoms with van der Waals surface area (Å²) in [6, 6.07) is -0.437. The van der Waals surface area contributed by atoms with E-state index in [-0.39, 0.29) is 24.2 Å². The largest absolute Gasteiger partial charge is 0.344 e. The molecule has 0 aromatic rings. The second-order valence-electron chi connectivity index (χ2n) is 7.53. The lowest BCUT2D eigenvalue weighted by Crippen LogP contribution is -2.50. The van der Waals surface area contributed by atoms with Crippen molar-refractivity contribution in [2.45, 2.75) is 46.6 Å². The Kier molecular flexibility index (Phi) is 6.68. The van der Waals surface area contributed by atoms with Gasteiger partial charge >= 0.3 is 0 Å². The van der Waals surface area contributed by atoms with Crippen LogP contribution in [0.5, 0.6) is 0 Å². The second-order valence-corrected chi connectivity index (χ2v) is 7.53. The average molecular weight is 332 g/mol. The zero-order valence-corrected chi connectivity index (χ0v) is 15.0. The summed E-state index contributed by atoms with van der Waals surface area (Å²) in [7, 11) is 0. The van der Waals surface area contributed by atoms with Gasteiger partial charge in [0, 0.05) is 18.5 Å². The van der Waals surface area contributed by atoms with Crippen molar-refractivity contribution < 1.29 is 9.59 Å². The van der Waals surface area contributed by atoms with Gasteiger partial charge in [0.05, 0.1) is 0 Å². The maximum absolute atomic E-state index is 12.5. The molecular weight excluding hydrogens is 302 g/mol. The molecule has 0 aliphatic carbocycles. The highest BCUT2D eigenvalue weighted by atomic mass is 35.5. The molecule has 1 unspecified atom stereocenters. The quantitative estimate of drug-likeness (QED) is 0.804. The minimum Gasteiger partial charge on any atom is -0.344 e. The zero-order valence-electron chi connectivity index (χ0n) is 14.1. The Hall–Kier alpha value is -0.810. The minimum atomic E-state index is -0.462. The second kappa shape index (κ2) is 7.64. The molecule has 6 heteroatoms. The van der Waals surface area contributed by atoms with Gasteiger partial charge in [-0.2, -0.15) is 0 Å². The molecule has 5 nitrogen and oxygen atoms in total. The van der Waals surface area contributed by atoms with Crippen molar-refractivity contribution in [1.82, 2.24) is 15.5 Å². The monoisotopic (exact) mass is 331 g/mol. The molecule has 0 aromatic carbocycles. The van der Waals surface area contributed by atoms with Crippen molar-refractivity contribution in [3.05, 3.63) is 0 Å². The Bertz CT molecular complexity index is 395. The lowest BCUT2D eigenvalue weighted by molar-refractivity contribution is -0.138. The van der Waals surface area contributed by atoms with Crippen LogP contribution in [0.2, 0.25) is 0 Å². The molecule has 2 saturated heterocycles. The van der Waals surface area contributed by atoms with Gasteiger partial charge in [0.25, 0.3) is 0 Å². The first-order chi connectivity index (χ1) is 9.79. The number of carbonyl (C=O) groups excluding carboxylic acids is 2. The summed E-state index contributed by atoms with van der Waals surface area (Å²) < 4.78 is 0. The van der Waals surface area contributed by atoms with Crippen LogP contribution < -0.4 is 10.6 Å². The number of nitrogens with one attached hydrogen (secondary N) is 2. The molecule has 0 bridgehead atoms. The van der Waals surface area contributed by atoms with Crippen LogP contribution >= 0.6 is 12.4 Å². The number of amides is 2. The summed E-state index contributed by atoms with van der Waals surface area (Å²) in [6.07, 6.45) is 2.15. The van der Waals surface area contributed by atoms with Crippen LogP contribution in [0.15, 0.2) is 0 Å². The van der Waals surface area contributed by atoms with Crippen molar-refractivity contribution >= 4 is 24.2 Å². The molecule has 2 aliphatic heterocycles. The van der Waals surface area contributed by atoms with Crippen molar-refractivity contribution in [2.24, 2.45) is 17.3 Å². The Morgan fingerprint density at radius 2 is 1.64 bits per heavy atom. The molecule has 2 fully saturated rings. The molecule has 22 heavy (non-hydrogen) atoms. The number of hydrogen-bond acceptors (Lipinski definition) is 3. The molecule has 2 aliphatic rings. The number of rotatable bonds is 2. The van der Waals surface area contributed by atoms with E-state index in [1.807, 2.05) is 25.7 Å². The predicted molar refractivity (Wildman–Crippen MR) is 90.0 cm³/mol. The SMILES string of the molecule is CC(NC(=O)C(C)(C)C)C(=O)N1CC[C@@H]2CNC[C@@H]2CC1.Cl. The lowest BCUT2D eigenvalue weighted by atomic mass is 9.92. The molecule has 0 spiro atoms. The zero-order chi connectivity index (χ0) is 15.6. The number of hydrogen-bond donors (Lipinski definition) is 2. The van der Waals surface area contributed by atoms with E-state index in [0.717, 1.165) is 39.0 Å². The van der Waals surface area contributed by atoms with E-state index in [9.17, 15) is 9.59 Å². The first-order valence-corrected chi connectivity index (χ1v) is 8.09. The Labute approximate surface area is 140 Å². The van der Waals surface area contributed by atoms with Crippen LogP contribution in [0.1, 0.15) is 40.5 Å². The molecule has 2 N–H and O–H groups in total. The van der Waals surface area contributed by atoms with Gasteiger partial charge in [-0.15, -0.1) is 12.4 Å². The molecule has 0 aromatic heterocycles. The summed E-state index contributed by atoms with van der Waals surface area (Å²) in [4.78, 5) is 26.5. The van der Waals surface area contributed by atoms with Crippen LogP contribution in [-0.4, -0.2) is 48.9 Å². The van der Waals surface area contributed by atoms with Crippen LogP contribution in [0, 0.1) is 17.3 Å². The molecule has 2 heterocycles. The fraction of sp³-hybridized carbons (Fsp3) is 0.875. The molecule has 0 saturated carbocycles. The summed E-state index contributed by atoms with van der Waals surface area (Å²) >= 11 is 0. The van der Waals surface area contributed by atoms with Gasteiger partial charge in [0.1, 0.15) is 6.04 Å². The molecule has 3 atom stereocenters. The summed E-state index contributed by atoms with van der Waals surface area (Å²) in [5.74, 6) is 1.41. The lowest BCUT2D eigenvalue weighted by Gasteiger charge is -2.27. The number of fused-ring (bicyclic) bond motifs is 1. The molecule has 2 rings (SSSR count). The van der Waals surface area contributed by atoms with E-state index >= 15 is 0 Å². The van der Waals surface area contributed by atoms with Gasteiger partial charge in [0.2, 0.25) is 11.8 Å². The van der Waals surface area contributed by atoms with Crippen molar-refractivity contribution in [3.63, 3.8) is 0 Å².